The number of anilines is 1. The van der Waals surface area contributed by atoms with Crippen molar-refractivity contribution in [1.82, 2.24) is 4.98 Å². The van der Waals surface area contributed by atoms with Crippen molar-refractivity contribution in [2.24, 2.45) is 5.73 Å². The third-order valence-corrected chi connectivity index (χ3v) is 4.89. The van der Waals surface area contributed by atoms with Crippen LogP contribution in [0.15, 0.2) is 29.6 Å². The number of carbonyl (C=O) groups is 1. The van der Waals surface area contributed by atoms with E-state index in [4.69, 9.17) is 10.5 Å². The molecular weight excluding hydrogens is 310 g/mol. The highest BCUT2D eigenvalue weighted by Crippen LogP contribution is 2.30. The van der Waals surface area contributed by atoms with Gasteiger partial charge < -0.3 is 15.8 Å². The van der Waals surface area contributed by atoms with Crippen molar-refractivity contribution in [2.45, 2.75) is 38.1 Å². The van der Waals surface area contributed by atoms with Crippen molar-refractivity contribution in [3.05, 3.63) is 29.6 Å². The molecule has 3 N–H and O–H groups in total. The summed E-state index contributed by atoms with van der Waals surface area (Å²) in [6, 6.07) is 7.77. The van der Waals surface area contributed by atoms with Crippen molar-refractivity contribution < 1.29 is 9.53 Å². The van der Waals surface area contributed by atoms with E-state index >= 15 is 0 Å². The Morgan fingerprint density at radius 2 is 2.04 bits per heavy atom. The third-order valence-electron chi connectivity index (χ3n) is 4.13. The van der Waals surface area contributed by atoms with E-state index in [1.54, 1.807) is 0 Å². The molecule has 0 radical (unpaired) electrons. The summed E-state index contributed by atoms with van der Waals surface area (Å²) < 4.78 is 5.43. The second-order valence-corrected chi connectivity index (χ2v) is 6.67. The summed E-state index contributed by atoms with van der Waals surface area (Å²) in [7, 11) is 0. The van der Waals surface area contributed by atoms with Gasteiger partial charge in [0.2, 0.25) is 5.91 Å². The lowest BCUT2D eigenvalue weighted by Crippen LogP contribution is -2.48. The Kier molecular flexibility index (Phi) is 4.63. The number of amides is 1. The van der Waals surface area contributed by atoms with Gasteiger partial charge in [0.15, 0.2) is 5.13 Å². The van der Waals surface area contributed by atoms with Gasteiger partial charge in [-0.15, -0.1) is 11.3 Å². The monoisotopic (exact) mass is 331 g/mol. The van der Waals surface area contributed by atoms with E-state index in [2.05, 4.69) is 10.3 Å². The smallest absolute Gasteiger partial charge is 0.246 e. The van der Waals surface area contributed by atoms with Gasteiger partial charge in [-0.3, -0.25) is 4.79 Å². The van der Waals surface area contributed by atoms with Crippen LogP contribution < -0.4 is 15.8 Å². The minimum absolute atomic E-state index is 0.123. The molecule has 1 heterocycles. The van der Waals surface area contributed by atoms with Crippen LogP contribution in [0.2, 0.25) is 0 Å². The number of nitrogens with two attached hydrogens (primary N) is 1. The number of thiazole rings is 1. The Bertz CT molecular complexity index is 675. The molecule has 5 nitrogen and oxygen atoms in total. The number of hydrogen-bond acceptors (Lipinski definition) is 5. The fourth-order valence-corrected chi connectivity index (χ4v) is 3.52. The zero-order valence-electron chi connectivity index (χ0n) is 13.2. The van der Waals surface area contributed by atoms with E-state index < -0.39 is 5.54 Å². The molecule has 1 saturated carbocycles. The Labute approximate surface area is 139 Å². The SMILES string of the molecule is CCOc1ccc(-c2csc(NC(=O)C3(N)CCCC3)n2)cc1. The number of nitrogens with zero attached hydrogens (tertiary/aromatic N) is 1. The summed E-state index contributed by atoms with van der Waals surface area (Å²) in [5.41, 5.74) is 7.27. The molecule has 0 atom stereocenters. The zero-order valence-corrected chi connectivity index (χ0v) is 14.0. The highest BCUT2D eigenvalue weighted by atomic mass is 32.1. The molecule has 3 rings (SSSR count). The number of ether oxygens (including phenoxy) is 1. The maximum atomic E-state index is 12.3. The molecule has 1 aromatic carbocycles. The standard InChI is InChI=1S/C17H21N3O2S/c1-2-22-13-7-5-12(6-8-13)14-11-23-16(19-14)20-15(21)17(18)9-3-4-10-17/h5-8,11H,2-4,9-10,18H2,1H3,(H,19,20,21). The molecule has 1 aliphatic carbocycles. The highest BCUT2D eigenvalue weighted by Gasteiger charge is 2.37. The molecule has 122 valence electrons. The first-order chi connectivity index (χ1) is 11.1. The Morgan fingerprint density at radius 3 is 2.70 bits per heavy atom. The van der Waals surface area contributed by atoms with Crippen molar-refractivity contribution in [2.75, 3.05) is 11.9 Å². The van der Waals surface area contributed by atoms with E-state index in [0.717, 1.165) is 42.7 Å². The molecule has 2 aromatic rings. The fourth-order valence-electron chi connectivity index (χ4n) is 2.81. The summed E-state index contributed by atoms with van der Waals surface area (Å²) >= 11 is 1.41. The van der Waals surface area contributed by atoms with Gasteiger partial charge in [-0.05, 0) is 44.0 Å². The largest absolute Gasteiger partial charge is 0.494 e. The van der Waals surface area contributed by atoms with Gasteiger partial charge in [0.1, 0.15) is 5.75 Å². The van der Waals surface area contributed by atoms with Crippen LogP contribution in [0.1, 0.15) is 32.6 Å². The van der Waals surface area contributed by atoms with Crippen molar-refractivity contribution in [3.63, 3.8) is 0 Å². The molecule has 0 bridgehead atoms. The van der Waals surface area contributed by atoms with Crippen LogP contribution in [0.4, 0.5) is 5.13 Å². The Hall–Kier alpha value is -1.92. The number of aromatic nitrogens is 1. The molecule has 6 heteroatoms. The normalized spacial score (nSPS) is 16.3. The van der Waals surface area contributed by atoms with E-state index in [0.29, 0.717) is 11.7 Å². The van der Waals surface area contributed by atoms with Crippen LogP contribution in [0, 0.1) is 0 Å². The van der Waals surface area contributed by atoms with Crippen molar-refractivity contribution >= 4 is 22.4 Å². The van der Waals surface area contributed by atoms with Crippen LogP contribution in [-0.4, -0.2) is 23.0 Å². The minimum atomic E-state index is -0.731. The predicted octanol–water partition coefficient (Wildman–Crippen LogP) is 3.42. The second-order valence-electron chi connectivity index (χ2n) is 5.81. The molecule has 0 unspecified atom stereocenters. The predicted molar refractivity (Wildman–Crippen MR) is 92.7 cm³/mol. The van der Waals surface area contributed by atoms with E-state index in [-0.39, 0.29) is 5.91 Å². The van der Waals surface area contributed by atoms with E-state index in [1.165, 1.54) is 11.3 Å². The highest BCUT2D eigenvalue weighted by molar-refractivity contribution is 7.14. The second kappa shape index (κ2) is 6.68. The summed E-state index contributed by atoms with van der Waals surface area (Å²) in [6.07, 6.45) is 3.52. The average Bonchev–Trinajstić information content (AvgIpc) is 3.19. The summed E-state index contributed by atoms with van der Waals surface area (Å²) in [4.78, 5) is 16.8. The molecule has 0 aliphatic heterocycles. The number of nitrogens with one attached hydrogen (secondary N) is 1. The molecular formula is C17H21N3O2S. The minimum Gasteiger partial charge on any atom is -0.494 e. The summed E-state index contributed by atoms with van der Waals surface area (Å²) in [5, 5.41) is 5.39. The van der Waals surface area contributed by atoms with Gasteiger partial charge in [0.05, 0.1) is 17.8 Å². The Balaban J connectivity index is 1.69. The van der Waals surface area contributed by atoms with Crippen LogP contribution in [0.25, 0.3) is 11.3 Å². The van der Waals surface area contributed by atoms with E-state index in [1.807, 2.05) is 36.6 Å². The first-order valence-corrected chi connectivity index (χ1v) is 8.78. The maximum Gasteiger partial charge on any atom is 0.246 e. The molecule has 0 saturated heterocycles. The summed E-state index contributed by atoms with van der Waals surface area (Å²) in [5.74, 6) is 0.717. The quantitative estimate of drug-likeness (QED) is 0.880. The van der Waals surface area contributed by atoms with Gasteiger partial charge >= 0.3 is 0 Å². The lowest BCUT2D eigenvalue weighted by atomic mass is 9.98. The molecule has 23 heavy (non-hydrogen) atoms. The first-order valence-electron chi connectivity index (χ1n) is 7.90. The molecule has 1 aliphatic rings. The van der Waals surface area contributed by atoms with Gasteiger partial charge in [0.25, 0.3) is 0 Å². The van der Waals surface area contributed by atoms with Gasteiger partial charge in [-0.25, -0.2) is 4.98 Å². The van der Waals surface area contributed by atoms with Gasteiger partial charge in [-0.1, -0.05) is 12.8 Å². The lowest BCUT2D eigenvalue weighted by Gasteiger charge is -2.21. The first kappa shape index (κ1) is 16.0. The number of hydrogen-bond donors (Lipinski definition) is 2. The number of benzene rings is 1. The molecule has 1 fully saturated rings. The number of rotatable bonds is 5. The fraction of sp³-hybridized carbons (Fsp3) is 0.412. The van der Waals surface area contributed by atoms with Gasteiger partial charge in [0, 0.05) is 10.9 Å². The van der Waals surface area contributed by atoms with Crippen LogP contribution in [0.3, 0.4) is 0 Å². The topological polar surface area (TPSA) is 77.2 Å². The Morgan fingerprint density at radius 1 is 1.35 bits per heavy atom. The maximum absolute atomic E-state index is 12.3. The van der Waals surface area contributed by atoms with Gasteiger partial charge in [-0.2, -0.15) is 0 Å². The number of carbonyl (C=O) groups excluding carboxylic acids is 1. The van der Waals surface area contributed by atoms with Crippen molar-refractivity contribution in [1.29, 1.82) is 0 Å². The third kappa shape index (κ3) is 3.54. The average molecular weight is 331 g/mol. The van der Waals surface area contributed by atoms with Crippen molar-refractivity contribution in [3.8, 4) is 17.0 Å². The van der Waals surface area contributed by atoms with Crippen LogP contribution >= 0.6 is 11.3 Å². The zero-order chi connectivity index (χ0) is 16.3. The molecule has 1 amide bonds. The van der Waals surface area contributed by atoms with E-state index in [9.17, 15) is 4.79 Å². The summed E-state index contributed by atoms with van der Waals surface area (Å²) in [6.45, 7) is 2.60. The molecule has 0 spiro atoms. The van der Waals surface area contributed by atoms with Crippen LogP contribution in [-0.2, 0) is 4.79 Å². The lowest BCUT2D eigenvalue weighted by molar-refractivity contribution is -0.121. The molecule has 1 aromatic heterocycles. The van der Waals surface area contributed by atoms with Crippen LogP contribution in [0.5, 0.6) is 5.75 Å².